The molecule has 0 atom stereocenters. The van der Waals surface area contributed by atoms with Crippen LogP contribution in [-0.2, 0) is 14.9 Å². The summed E-state index contributed by atoms with van der Waals surface area (Å²) in [5.41, 5.74) is 0.800. The van der Waals surface area contributed by atoms with Gasteiger partial charge in [0.25, 0.3) is 10.0 Å². The number of benzene rings is 1. The first-order valence-corrected chi connectivity index (χ1v) is 9.04. The van der Waals surface area contributed by atoms with Gasteiger partial charge in [-0.05, 0) is 50.1 Å². The van der Waals surface area contributed by atoms with Crippen molar-refractivity contribution in [2.75, 3.05) is 6.54 Å². The summed E-state index contributed by atoms with van der Waals surface area (Å²) >= 11 is 0. The van der Waals surface area contributed by atoms with Gasteiger partial charge < -0.3 is 0 Å². The summed E-state index contributed by atoms with van der Waals surface area (Å²) in [6.07, 6.45) is 3.26. The molecule has 126 valence electrons. The van der Waals surface area contributed by atoms with Gasteiger partial charge in [0.2, 0.25) is 0 Å². The van der Waals surface area contributed by atoms with Crippen LogP contribution >= 0.6 is 0 Å². The fourth-order valence-electron chi connectivity index (χ4n) is 2.04. The second-order valence-corrected chi connectivity index (χ2v) is 7.81. The highest BCUT2D eigenvalue weighted by Crippen LogP contribution is 2.20. The van der Waals surface area contributed by atoms with Crippen LogP contribution in [0, 0.1) is 5.92 Å². The Kier molecular flexibility index (Phi) is 5.56. The molecule has 0 spiro atoms. The Labute approximate surface area is 137 Å². The van der Waals surface area contributed by atoms with Crippen molar-refractivity contribution < 1.29 is 13.3 Å². The molecule has 0 aliphatic carbocycles. The zero-order valence-corrected chi connectivity index (χ0v) is 14.7. The zero-order valence-electron chi connectivity index (χ0n) is 13.9. The molecule has 2 rings (SSSR count). The van der Waals surface area contributed by atoms with Crippen molar-refractivity contribution in [1.29, 1.82) is 0 Å². The van der Waals surface area contributed by atoms with Gasteiger partial charge >= 0.3 is 0 Å². The zero-order chi connectivity index (χ0) is 17.0. The molecule has 23 heavy (non-hydrogen) atoms. The van der Waals surface area contributed by atoms with Crippen LogP contribution in [0.2, 0.25) is 0 Å². The van der Waals surface area contributed by atoms with Gasteiger partial charge in [-0.25, -0.2) is 13.1 Å². The van der Waals surface area contributed by atoms with Crippen LogP contribution in [0.3, 0.4) is 0 Å². The van der Waals surface area contributed by atoms with Gasteiger partial charge in [0.05, 0.1) is 16.7 Å². The Balaban J connectivity index is 2.29. The average Bonchev–Trinajstić information content (AvgIpc) is 3.00. The summed E-state index contributed by atoms with van der Waals surface area (Å²) in [5, 5.41) is 4.12. The monoisotopic (exact) mass is 337 g/mol. The molecule has 6 nitrogen and oxygen atoms in total. The van der Waals surface area contributed by atoms with E-state index < -0.39 is 10.0 Å². The number of hydroxylamine groups is 1. The molecular weight excluding hydrogens is 314 g/mol. The summed E-state index contributed by atoms with van der Waals surface area (Å²) < 4.78 is 28.3. The first-order chi connectivity index (χ1) is 10.8. The van der Waals surface area contributed by atoms with Crippen molar-refractivity contribution in [3.63, 3.8) is 0 Å². The van der Waals surface area contributed by atoms with Crippen molar-refractivity contribution in [2.24, 2.45) is 5.92 Å². The highest BCUT2D eigenvalue weighted by atomic mass is 32.2. The number of rotatable bonds is 7. The van der Waals surface area contributed by atoms with E-state index >= 15 is 0 Å². The molecule has 0 saturated heterocycles. The molecule has 0 aliphatic rings. The lowest BCUT2D eigenvalue weighted by Crippen LogP contribution is -2.36. The van der Waals surface area contributed by atoms with E-state index in [-0.39, 0.29) is 16.9 Å². The number of nitrogens with zero attached hydrogens (tertiary/aromatic N) is 3. The van der Waals surface area contributed by atoms with E-state index in [1.54, 1.807) is 41.3 Å². The summed E-state index contributed by atoms with van der Waals surface area (Å²) in [4.78, 5) is 5.71. The fraction of sp³-hybridized carbons (Fsp3) is 0.438. The third kappa shape index (κ3) is 4.40. The number of hydrogen-bond donors (Lipinski definition) is 0. The predicted molar refractivity (Wildman–Crippen MR) is 88.5 cm³/mol. The smallest absolute Gasteiger partial charge is 0.265 e. The molecular formula is C16H23N3O3S. The van der Waals surface area contributed by atoms with E-state index in [0.29, 0.717) is 6.54 Å². The molecule has 0 bridgehead atoms. The summed E-state index contributed by atoms with van der Waals surface area (Å²) in [7, 11) is -3.70. The topological polar surface area (TPSA) is 64.4 Å². The van der Waals surface area contributed by atoms with Gasteiger partial charge in [-0.1, -0.05) is 18.3 Å². The van der Waals surface area contributed by atoms with Crippen molar-refractivity contribution in [3.8, 4) is 5.69 Å². The summed E-state index contributed by atoms with van der Waals surface area (Å²) in [6, 6.07) is 8.41. The number of aromatic nitrogens is 2. The minimum atomic E-state index is -3.70. The Morgan fingerprint density at radius 1 is 1.17 bits per heavy atom. The molecule has 1 aromatic carbocycles. The quantitative estimate of drug-likeness (QED) is 0.729. The van der Waals surface area contributed by atoms with E-state index in [9.17, 15) is 8.42 Å². The molecule has 0 unspecified atom stereocenters. The van der Waals surface area contributed by atoms with E-state index in [0.717, 1.165) is 10.2 Å². The van der Waals surface area contributed by atoms with Gasteiger partial charge in [-0.15, -0.1) is 0 Å². The predicted octanol–water partition coefficient (Wildman–Crippen LogP) is 2.86. The minimum Gasteiger partial charge on any atom is -0.281 e. The maximum Gasteiger partial charge on any atom is 0.265 e. The standard InChI is InChI=1S/C16H23N3O3S/c1-13(2)12-19(22-14(3)4)23(20,21)16-8-6-15(7-9-16)18-11-5-10-17-18/h5-11,13-14H,12H2,1-4H3. The third-order valence-electron chi connectivity index (χ3n) is 3.01. The number of hydrogen-bond acceptors (Lipinski definition) is 4. The van der Waals surface area contributed by atoms with Gasteiger partial charge in [0.1, 0.15) is 0 Å². The summed E-state index contributed by atoms with van der Waals surface area (Å²) in [5.74, 6) is 0.159. The molecule has 2 aromatic rings. The van der Waals surface area contributed by atoms with Crippen molar-refractivity contribution >= 4 is 10.0 Å². The molecule has 0 aliphatic heterocycles. The first kappa shape index (κ1) is 17.7. The highest BCUT2D eigenvalue weighted by molar-refractivity contribution is 7.89. The Morgan fingerprint density at radius 3 is 2.30 bits per heavy atom. The minimum absolute atomic E-state index is 0.159. The van der Waals surface area contributed by atoms with Crippen LogP contribution in [0.25, 0.3) is 5.69 Å². The Bertz CT molecular complexity index is 698. The normalized spacial score (nSPS) is 12.5. The molecule has 0 fully saturated rings. The maximum atomic E-state index is 12.8. The van der Waals surface area contributed by atoms with Crippen LogP contribution < -0.4 is 0 Å². The number of sulfonamides is 1. The van der Waals surface area contributed by atoms with E-state index in [4.69, 9.17) is 4.84 Å². The molecule has 0 saturated carbocycles. The third-order valence-corrected chi connectivity index (χ3v) is 4.65. The summed E-state index contributed by atoms with van der Waals surface area (Å²) in [6.45, 7) is 7.83. The van der Waals surface area contributed by atoms with Crippen molar-refractivity contribution in [2.45, 2.75) is 38.7 Å². The molecule has 1 heterocycles. The Morgan fingerprint density at radius 2 is 1.83 bits per heavy atom. The molecule has 0 N–H and O–H groups in total. The largest absolute Gasteiger partial charge is 0.281 e. The lowest BCUT2D eigenvalue weighted by atomic mass is 10.2. The van der Waals surface area contributed by atoms with Gasteiger partial charge in [-0.2, -0.15) is 5.10 Å². The van der Waals surface area contributed by atoms with Crippen LogP contribution in [0.15, 0.2) is 47.6 Å². The van der Waals surface area contributed by atoms with Gasteiger partial charge in [0.15, 0.2) is 0 Å². The highest BCUT2D eigenvalue weighted by Gasteiger charge is 2.27. The SMILES string of the molecule is CC(C)CN(OC(C)C)S(=O)(=O)c1ccc(-n2cccn2)cc1. The second kappa shape index (κ2) is 7.25. The Hall–Kier alpha value is -1.70. The van der Waals surface area contributed by atoms with Crippen LogP contribution in [0.1, 0.15) is 27.7 Å². The molecule has 0 radical (unpaired) electrons. The molecule has 1 aromatic heterocycles. The van der Waals surface area contributed by atoms with Crippen molar-refractivity contribution in [1.82, 2.24) is 14.2 Å². The van der Waals surface area contributed by atoms with Crippen LogP contribution in [-0.4, -0.2) is 35.3 Å². The lowest BCUT2D eigenvalue weighted by Gasteiger charge is -2.25. The average molecular weight is 337 g/mol. The molecule has 0 amide bonds. The van der Waals surface area contributed by atoms with Crippen LogP contribution in [0.4, 0.5) is 0 Å². The van der Waals surface area contributed by atoms with Crippen LogP contribution in [0.5, 0.6) is 0 Å². The van der Waals surface area contributed by atoms with E-state index in [1.807, 2.05) is 33.8 Å². The van der Waals surface area contributed by atoms with Gasteiger partial charge in [0, 0.05) is 18.9 Å². The van der Waals surface area contributed by atoms with Gasteiger partial charge in [-0.3, -0.25) is 4.84 Å². The lowest BCUT2D eigenvalue weighted by molar-refractivity contribution is -0.124. The maximum absolute atomic E-state index is 12.8. The first-order valence-electron chi connectivity index (χ1n) is 7.60. The van der Waals surface area contributed by atoms with Crippen molar-refractivity contribution in [3.05, 3.63) is 42.7 Å². The van der Waals surface area contributed by atoms with E-state index in [2.05, 4.69) is 5.10 Å². The fourth-order valence-corrected chi connectivity index (χ4v) is 3.54. The second-order valence-electron chi connectivity index (χ2n) is 5.98. The molecule has 7 heteroatoms. The van der Waals surface area contributed by atoms with E-state index in [1.165, 1.54) is 0 Å².